The van der Waals surface area contributed by atoms with Crippen molar-refractivity contribution in [3.8, 4) is 11.6 Å². The number of hydrogen-bond donors (Lipinski definition) is 1. The second-order valence-corrected chi connectivity index (χ2v) is 5.19. The predicted molar refractivity (Wildman–Crippen MR) is 79.0 cm³/mol. The van der Waals surface area contributed by atoms with Crippen molar-refractivity contribution in [2.24, 2.45) is 12.8 Å². The summed E-state index contributed by atoms with van der Waals surface area (Å²) in [6.45, 7) is 2.57. The predicted octanol–water partition coefficient (Wildman–Crippen LogP) is 2.74. The zero-order valence-corrected chi connectivity index (χ0v) is 12.3. The lowest BCUT2D eigenvalue weighted by Gasteiger charge is -2.08. The molecule has 1 aromatic heterocycles. The Bertz CT molecular complexity index is 549. The van der Waals surface area contributed by atoms with Crippen LogP contribution in [-0.2, 0) is 13.5 Å². The first-order valence-electron chi connectivity index (χ1n) is 6.20. The smallest absolute Gasteiger partial charge is 0.221 e. The highest BCUT2D eigenvalue weighted by Crippen LogP contribution is 2.28. The molecule has 0 radical (unpaired) electrons. The Hall–Kier alpha value is -1.46. The fourth-order valence-electron chi connectivity index (χ4n) is 2.00. The molecule has 5 heteroatoms. The molecule has 1 aromatic carbocycles. The van der Waals surface area contributed by atoms with Crippen LogP contribution < -0.4 is 10.5 Å². The maximum absolute atomic E-state index is 5.95. The molecule has 102 valence electrons. The third-order valence-corrected chi connectivity index (χ3v) is 3.70. The summed E-state index contributed by atoms with van der Waals surface area (Å²) in [6, 6.07) is 8.04. The number of thioether (sulfide) groups is 1. The number of rotatable bonds is 5. The molecule has 0 saturated heterocycles. The monoisotopic (exact) mass is 277 g/mol. The van der Waals surface area contributed by atoms with Crippen LogP contribution in [0, 0.1) is 6.92 Å². The Labute approximate surface area is 117 Å². The van der Waals surface area contributed by atoms with E-state index in [-0.39, 0.29) is 0 Å². The highest BCUT2D eigenvalue weighted by molar-refractivity contribution is 7.98. The summed E-state index contributed by atoms with van der Waals surface area (Å²) in [5, 5.41) is 4.39. The van der Waals surface area contributed by atoms with E-state index in [1.54, 1.807) is 16.4 Å². The molecule has 0 spiro atoms. The molecule has 1 heterocycles. The molecule has 0 aliphatic heterocycles. The minimum Gasteiger partial charge on any atom is -0.439 e. The van der Waals surface area contributed by atoms with Crippen molar-refractivity contribution in [1.29, 1.82) is 0 Å². The van der Waals surface area contributed by atoms with E-state index in [2.05, 4.69) is 11.4 Å². The van der Waals surface area contributed by atoms with E-state index in [1.807, 2.05) is 38.2 Å². The van der Waals surface area contributed by atoms with Crippen LogP contribution in [0.15, 0.2) is 29.2 Å². The van der Waals surface area contributed by atoms with Crippen molar-refractivity contribution in [3.63, 3.8) is 0 Å². The number of hydrogen-bond acceptors (Lipinski definition) is 4. The number of nitrogens with two attached hydrogens (primary N) is 1. The van der Waals surface area contributed by atoms with E-state index < -0.39 is 0 Å². The van der Waals surface area contributed by atoms with Crippen molar-refractivity contribution < 1.29 is 4.74 Å². The van der Waals surface area contributed by atoms with Crippen molar-refractivity contribution in [2.75, 3.05) is 12.8 Å². The van der Waals surface area contributed by atoms with Gasteiger partial charge in [-0.05, 0) is 50.4 Å². The molecule has 2 aromatic rings. The lowest BCUT2D eigenvalue weighted by atomic mass is 10.2. The highest BCUT2D eigenvalue weighted by atomic mass is 32.2. The maximum atomic E-state index is 5.95. The van der Waals surface area contributed by atoms with Gasteiger partial charge in [0.15, 0.2) is 0 Å². The van der Waals surface area contributed by atoms with Gasteiger partial charge in [0.05, 0.1) is 5.69 Å². The molecular weight excluding hydrogens is 258 g/mol. The van der Waals surface area contributed by atoms with Crippen LogP contribution in [0.25, 0.3) is 0 Å². The molecule has 0 aliphatic rings. The second-order valence-electron chi connectivity index (χ2n) is 4.31. The summed E-state index contributed by atoms with van der Waals surface area (Å²) in [6.07, 6.45) is 2.83. The topological polar surface area (TPSA) is 53.1 Å². The number of nitrogens with zero attached hydrogens (tertiary/aromatic N) is 2. The summed E-state index contributed by atoms with van der Waals surface area (Å²) >= 11 is 1.71. The van der Waals surface area contributed by atoms with Crippen molar-refractivity contribution in [1.82, 2.24) is 9.78 Å². The number of benzene rings is 1. The molecule has 19 heavy (non-hydrogen) atoms. The summed E-state index contributed by atoms with van der Waals surface area (Å²) in [7, 11) is 1.89. The average molecular weight is 277 g/mol. The Balaban J connectivity index is 2.26. The molecule has 0 fully saturated rings. The van der Waals surface area contributed by atoms with Crippen molar-refractivity contribution >= 4 is 11.8 Å². The van der Waals surface area contributed by atoms with Gasteiger partial charge in [-0.15, -0.1) is 11.8 Å². The molecule has 2 rings (SSSR count). The first kappa shape index (κ1) is 14.0. The minimum atomic E-state index is 0.592. The quantitative estimate of drug-likeness (QED) is 0.854. The molecule has 2 N–H and O–H groups in total. The van der Waals surface area contributed by atoms with Crippen LogP contribution in [0.5, 0.6) is 11.6 Å². The summed E-state index contributed by atoms with van der Waals surface area (Å²) < 4.78 is 7.72. The third-order valence-electron chi connectivity index (χ3n) is 2.96. The zero-order valence-electron chi connectivity index (χ0n) is 11.5. The summed E-state index contributed by atoms with van der Waals surface area (Å²) in [5.41, 5.74) is 7.70. The Morgan fingerprint density at radius 2 is 2.00 bits per heavy atom. The Kier molecular flexibility index (Phi) is 4.50. The normalized spacial score (nSPS) is 10.7. The minimum absolute atomic E-state index is 0.592. The first-order valence-corrected chi connectivity index (χ1v) is 7.42. The van der Waals surface area contributed by atoms with Gasteiger partial charge in [-0.1, -0.05) is 0 Å². The van der Waals surface area contributed by atoms with Crippen LogP contribution in [0.2, 0.25) is 0 Å². The van der Waals surface area contributed by atoms with Gasteiger partial charge in [-0.2, -0.15) is 5.10 Å². The largest absolute Gasteiger partial charge is 0.439 e. The molecule has 0 aliphatic carbocycles. The van der Waals surface area contributed by atoms with Gasteiger partial charge in [0.1, 0.15) is 5.75 Å². The van der Waals surface area contributed by atoms with Crippen molar-refractivity contribution in [3.05, 3.63) is 35.5 Å². The number of ether oxygens (including phenoxy) is 1. The van der Waals surface area contributed by atoms with Crippen LogP contribution in [0.3, 0.4) is 0 Å². The van der Waals surface area contributed by atoms with Gasteiger partial charge in [0.2, 0.25) is 5.88 Å². The molecule has 4 nitrogen and oxygen atoms in total. The Morgan fingerprint density at radius 3 is 2.58 bits per heavy atom. The van der Waals surface area contributed by atoms with Gasteiger partial charge < -0.3 is 10.5 Å². The van der Waals surface area contributed by atoms with E-state index in [1.165, 1.54) is 4.90 Å². The lowest BCUT2D eigenvalue weighted by Crippen LogP contribution is -2.04. The van der Waals surface area contributed by atoms with Gasteiger partial charge >= 0.3 is 0 Å². The summed E-state index contributed by atoms with van der Waals surface area (Å²) in [4.78, 5) is 1.22. The van der Waals surface area contributed by atoms with E-state index in [0.29, 0.717) is 6.54 Å². The highest BCUT2D eigenvalue weighted by Gasteiger charge is 2.14. The van der Waals surface area contributed by atoms with Gasteiger partial charge in [0.25, 0.3) is 0 Å². The fourth-order valence-corrected chi connectivity index (χ4v) is 2.40. The SMILES string of the molecule is CSc1ccc(Oc2c(CCN)c(C)nn2C)cc1. The van der Waals surface area contributed by atoms with E-state index in [4.69, 9.17) is 10.5 Å². The zero-order chi connectivity index (χ0) is 13.8. The van der Waals surface area contributed by atoms with Crippen LogP contribution in [0.4, 0.5) is 0 Å². The molecule has 0 saturated carbocycles. The van der Waals surface area contributed by atoms with Crippen molar-refractivity contribution in [2.45, 2.75) is 18.2 Å². The average Bonchev–Trinajstić information content (AvgIpc) is 2.67. The summed E-state index contributed by atoms with van der Waals surface area (Å²) in [5.74, 6) is 1.60. The Morgan fingerprint density at radius 1 is 1.32 bits per heavy atom. The van der Waals surface area contributed by atoms with E-state index in [9.17, 15) is 0 Å². The van der Waals surface area contributed by atoms with E-state index in [0.717, 1.165) is 29.3 Å². The molecule has 0 atom stereocenters. The maximum Gasteiger partial charge on any atom is 0.221 e. The van der Waals surface area contributed by atoms with Crippen LogP contribution >= 0.6 is 11.8 Å². The van der Waals surface area contributed by atoms with Gasteiger partial charge in [-0.25, -0.2) is 4.68 Å². The van der Waals surface area contributed by atoms with Gasteiger partial charge in [-0.3, -0.25) is 0 Å². The van der Waals surface area contributed by atoms with Crippen LogP contribution in [-0.4, -0.2) is 22.6 Å². The van der Waals surface area contributed by atoms with Crippen LogP contribution in [0.1, 0.15) is 11.3 Å². The van der Waals surface area contributed by atoms with E-state index >= 15 is 0 Å². The molecular formula is C14H19N3OS. The lowest BCUT2D eigenvalue weighted by molar-refractivity contribution is 0.425. The number of aryl methyl sites for hydroxylation is 2. The third kappa shape index (κ3) is 3.11. The molecule has 0 bridgehead atoms. The molecule has 0 unspecified atom stereocenters. The van der Waals surface area contributed by atoms with Gasteiger partial charge in [0, 0.05) is 17.5 Å². The molecule has 0 amide bonds. The standard InChI is InChI=1S/C14H19N3OS/c1-10-13(8-9-15)14(17(2)16-10)18-11-4-6-12(19-3)7-5-11/h4-7H,8-9,15H2,1-3H3. The fraction of sp³-hybridized carbons (Fsp3) is 0.357. The second kappa shape index (κ2) is 6.12. The number of aromatic nitrogens is 2. The first-order chi connectivity index (χ1) is 9.15.